The molecule has 230 valence electrons. The zero-order chi connectivity index (χ0) is 30.6. The van der Waals surface area contributed by atoms with Crippen LogP contribution in [0.2, 0.25) is 0 Å². The Morgan fingerprint density at radius 1 is 1.09 bits per heavy atom. The molecule has 3 fully saturated rings. The van der Waals surface area contributed by atoms with Gasteiger partial charge in [0.15, 0.2) is 0 Å². The molecule has 0 radical (unpaired) electrons. The summed E-state index contributed by atoms with van der Waals surface area (Å²) in [6.45, 7) is 11.0. The van der Waals surface area contributed by atoms with Gasteiger partial charge >= 0.3 is 5.97 Å². The lowest BCUT2D eigenvalue weighted by molar-refractivity contribution is -0.154. The Morgan fingerprint density at radius 3 is 2.63 bits per heavy atom. The van der Waals surface area contributed by atoms with Crippen molar-refractivity contribution in [3.05, 3.63) is 67.8 Å². The molecule has 2 aromatic rings. The van der Waals surface area contributed by atoms with E-state index in [1.165, 1.54) is 0 Å². The highest BCUT2D eigenvalue weighted by atomic mass is 32.2. The van der Waals surface area contributed by atoms with Gasteiger partial charge in [-0.15, -0.1) is 24.9 Å². The van der Waals surface area contributed by atoms with Crippen molar-refractivity contribution in [3.8, 4) is 0 Å². The molecule has 3 heterocycles. The first-order chi connectivity index (χ1) is 20.9. The zero-order valence-corrected chi connectivity index (χ0v) is 26.0. The van der Waals surface area contributed by atoms with Crippen LogP contribution in [0.4, 0.5) is 5.69 Å². The summed E-state index contributed by atoms with van der Waals surface area (Å²) in [6.07, 6.45) is 8.94. The van der Waals surface area contributed by atoms with Crippen molar-refractivity contribution in [1.29, 1.82) is 0 Å². The lowest BCUT2D eigenvalue weighted by atomic mass is 9.66. The smallest absolute Gasteiger partial charge is 0.310 e. The van der Waals surface area contributed by atoms with Crippen molar-refractivity contribution < 1.29 is 24.2 Å². The summed E-state index contributed by atoms with van der Waals surface area (Å²) in [5.41, 5.74) is 0.761. The summed E-state index contributed by atoms with van der Waals surface area (Å²) >= 11 is 1.67. The van der Waals surface area contributed by atoms with Gasteiger partial charge in [-0.05, 0) is 73.8 Å². The maximum absolute atomic E-state index is 14.8. The number of aliphatic hydroxyl groups is 1. The number of aliphatic hydroxyl groups excluding tert-OH is 1. The van der Waals surface area contributed by atoms with E-state index >= 15 is 0 Å². The van der Waals surface area contributed by atoms with Crippen LogP contribution in [0.25, 0.3) is 10.8 Å². The number of rotatable bonds is 15. The summed E-state index contributed by atoms with van der Waals surface area (Å²) in [5.74, 6) is -1.64. The summed E-state index contributed by atoms with van der Waals surface area (Å²) < 4.78 is 5.05. The van der Waals surface area contributed by atoms with Crippen LogP contribution in [0.15, 0.2) is 67.8 Å². The van der Waals surface area contributed by atoms with E-state index in [2.05, 4.69) is 20.1 Å². The first-order valence-electron chi connectivity index (χ1n) is 15.7. The topological polar surface area (TPSA) is 87.2 Å². The fourth-order valence-corrected chi connectivity index (χ4v) is 9.89. The molecule has 5 rings (SSSR count). The van der Waals surface area contributed by atoms with Gasteiger partial charge in [-0.25, -0.2) is 0 Å². The third kappa shape index (κ3) is 5.76. The van der Waals surface area contributed by atoms with Gasteiger partial charge in [0.25, 0.3) is 5.91 Å². The number of anilines is 1. The molecule has 1 spiro atoms. The van der Waals surface area contributed by atoms with Gasteiger partial charge < -0.3 is 19.6 Å². The molecule has 3 saturated heterocycles. The quantitative estimate of drug-likeness (QED) is 0.158. The molecular weight excluding hydrogens is 560 g/mol. The molecule has 0 saturated carbocycles. The van der Waals surface area contributed by atoms with E-state index in [4.69, 9.17) is 4.74 Å². The Hall–Kier alpha value is -3.10. The minimum absolute atomic E-state index is 0.0509. The SMILES string of the molecule is C=CCCCCOC(=O)[C@@H]1[C@@H]2CC(C)C3(S2)C(C(=O)N(CC=C)c2ccc4ccccc4c2)N(CCCCCO)C(=O)[C@H]13. The standard InChI is InChI=1S/C35H44N2O5S/c1-4-6-7-13-21-42-34(41)29-28-22-24(3)35(43-28)30(29)32(39)37(19-11-8-12-20-38)31(35)33(40)36(18-5-2)27-17-16-25-14-9-10-15-26(25)23-27/h4-5,9-10,14-17,23-24,28-31,38H,1-2,6-8,11-13,18-22H2,3H3/t24?,28-,29+,30-,31?,35?/m0/s1. The van der Waals surface area contributed by atoms with Crippen LogP contribution >= 0.6 is 11.8 Å². The van der Waals surface area contributed by atoms with Crippen LogP contribution in [0.3, 0.4) is 0 Å². The fraction of sp³-hybridized carbons (Fsp3) is 0.514. The number of allylic oxidation sites excluding steroid dienone is 1. The molecule has 2 amide bonds. The monoisotopic (exact) mass is 604 g/mol. The van der Waals surface area contributed by atoms with Gasteiger partial charge in [0.05, 0.1) is 23.2 Å². The summed E-state index contributed by atoms with van der Waals surface area (Å²) in [7, 11) is 0. The van der Waals surface area contributed by atoms with E-state index < -0.39 is 22.6 Å². The molecule has 2 bridgehead atoms. The largest absolute Gasteiger partial charge is 0.465 e. The molecular formula is C35H44N2O5S. The molecule has 2 aromatic carbocycles. The van der Waals surface area contributed by atoms with Crippen LogP contribution in [-0.2, 0) is 19.1 Å². The number of esters is 1. The number of amides is 2. The first-order valence-corrected chi connectivity index (χ1v) is 16.5. The van der Waals surface area contributed by atoms with Crippen LogP contribution in [0, 0.1) is 17.8 Å². The number of nitrogens with zero attached hydrogens (tertiary/aromatic N) is 2. The van der Waals surface area contributed by atoms with E-state index in [-0.39, 0.29) is 35.6 Å². The third-order valence-corrected chi connectivity index (χ3v) is 11.6. The highest BCUT2D eigenvalue weighted by molar-refractivity contribution is 8.02. The number of unbranched alkanes of at least 4 members (excludes halogenated alkanes) is 4. The number of carbonyl (C=O) groups is 3. The average molecular weight is 605 g/mol. The van der Waals surface area contributed by atoms with Crippen molar-refractivity contribution in [2.75, 3.05) is 31.2 Å². The van der Waals surface area contributed by atoms with Crippen molar-refractivity contribution in [2.45, 2.75) is 67.9 Å². The second-order valence-electron chi connectivity index (χ2n) is 12.1. The minimum atomic E-state index is -0.710. The lowest BCUT2D eigenvalue weighted by Crippen LogP contribution is -2.57. The Kier molecular flexibility index (Phi) is 9.97. The maximum atomic E-state index is 14.8. The molecule has 8 heteroatoms. The number of hydrogen-bond donors (Lipinski definition) is 1. The Bertz CT molecular complexity index is 1360. The number of carbonyl (C=O) groups excluding carboxylic acids is 3. The molecule has 0 aromatic heterocycles. The van der Waals surface area contributed by atoms with Gasteiger partial charge in [0, 0.05) is 30.6 Å². The number of likely N-dealkylation sites (tertiary alicyclic amines) is 1. The first kappa shape index (κ1) is 31.3. The molecule has 3 unspecified atom stereocenters. The van der Waals surface area contributed by atoms with Gasteiger partial charge in [-0.1, -0.05) is 49.4 Å². The maximum Gasteiger partial charge on any atom is 0.310 e. The van der Waals surface area contributed by atoms with E-state index in [9.17, 15) is 19.5 Å². The van der Waals surface area contributed by atoms with Crippen LogP contribution in [0.1, 0.15) is 51.9 Å². The Balaban J connectivity index is 1.49. The minimum Gasteiger partial charge on any atom is -0.465 e. The van der Waals surface area contributed by atoms with E-state index in [1.807, 2.05) is 48.5 Å². The summed E-state index contributed by atoms with van der Waals surface area (Å²) in [5, 5.41) is 11.4. The molecule has 6 atom stereocenters. The summed E-state index contributed by atoms with van der Waals surface area (Å²) in [4.78, 5) is 46.3. The number of hydrogen-bond acceptors (Lipinski definition) is 6. The van der Waals surface area contributed by atoms with Crippen LogP contribution in [0.5, 0.6) is 0 Å². The molecule has 43 heavy (non-hydrogen) atoms. The molecule has 3 aliphatic rings. The number of benzene rings is 2. The van der Waals surface area contributed by atoms with Gasteiger partial charge in [-0.2, -0.15) is 0 Å². The van der Waals surface area contributed by atoms with Gasteiger partial charge in [0.1, 0.15) is 6.04 Å². The third-order valence-electron chi connectivity index (χ3n) is 9.48. The zero-order valence-electron chi connectivity index (χ0n) is 25.2. The van der Waals surface area contributed by atoms with Crippen LogP contribution < -0.4 is 4.90 Å². The number of fused-ring (bicyclic) bond motifs is 2. The molecule has 3 aliphatic heterocycles. The normalized spacial score (nSPS) is 27.3. The summed E-state index contributed by atoms with van der Waals surface area (Å²) in [6, 6.07) is 13.3. The van der Waals surface area contributed by atoms with Crippen molar-refractivity contribution in [1.82, 2.24) is 4.90 Å². The molecule has 0 aliphatic carbocycles. The number of thioether (sulfide) groups is 1. The van der Waals surface area contributed by atoms with Gasteiger partial charge in [-0.3, -0.25) is 14.4 Å². The Labute approximate surface area is 259 Å². The molecule has 7 nitrogen and oxygen atoms in total. The van der Waals surface area contributed by atoms with Crippen molar-refractivity contribution >= 4 is 46.0 Å². The lowest BCUT2D eigenvalue weighted by Gasteiger charge is -2.40. The van der Waals surface area contributed by atoms with Crippen molar-refractivity contribution in [3.63, 3.8) is 0 Å². The highest BCUT2D eigenvalue weighted by Gasteiger charge is 2.76. The van der Waals surface area contributed by atoms with Gasteiger partial charge in [0.2, 0.25) is 5.91 Å². The predicted molar refractivity (Wildman–Crippen MR) is 173 cm³/mol. The highest BCUT2D eigenvalue weighted by Crippen LogP contribution is 2.68. The Morgan fingerprint density at radius 2 is 1.88 bits per heavy atom. The second-order valence-corrected chi connectivity index (χ2v) is 13.6. The van der Waals surface area contributed by atoms with Crippen LogP contribution in [-0.4, -0.2) is 70.1 Å². The van der Waals surface area contributed by atoms with E-state index in [0.29, 0.717) is 32.5 Å². The fourth-order valence-electron chi connectivity index (χ4n) is 7.48. The average Bonchev–Trinajstić information content (AvgIpc) is 3.60. The van der Waals surface area contributed by atoms with E-state index in [1.54, 1.807) is 27.6 Å². The molecule has 1 N–H and O–H groups in total. The van der Waals surface area contributed by atoms with Crippen molar-refractivity contribution in [2.24, 2.45) is 17.8 Å². The predicted octanol–water partition coefficient (Wildman–Crippen LogP) is 5.76. The second kappa shape index (κ2) is 13.7. The van der Waals surface area contributed by atoms with E-state index in [0.717, 1.165) is 48.6 Å². The number of ether oxygens (including phenoxy) is 1.